The molecule has 0 spiro atoms. The van der Waals surface area contributed by atoms with Gasteiger partial charge < -0.3 is 15.5 Å². The summed E-state index contributed by atoms with van der Waals surface area (Å²) in [6.45, 7) is 2.90. The first-order valence-electron chi connectivity index (χ1n) is 9.35. The van der Waals surface area contributed by atoms with Crippen LogP contribution < -0.4 is 5.73 Å². The van der Waals surface area contributed by atoms with Crippen LogP contribution in [-0.4, -0.2) is 58.8 Å². The third-order valence-electron chi connectivity index (χ3n) is 5.45. The van der Waals surface area contributed by atoms with Crippen LogP contribution in [0.5, 0.6) is 0 Å². The van der Waals surface area contributed by atoms with Crippen LogP contribution >= 0.6 is 24.8 Å². The van der Waals surface area contributed by atoms with Crippen LogP contribution in [0.3, 0.4) is 0 Å². The van der Waals surface area contributed by atoms with E-state index >= 15 is 0 Å². The van der Waals surface area contributed by atoms with Gasteiger partial charge in [-0.25, -0.2) is 0 Å². The van der Waals surface area contributed by atoms with Gasteiger partial charge >= 0.3 is 0 Å². The topological polar surface area (TPSA) is 79.5 Å². The van der Waals surface area contributed by atoms with Crippen molar-refractivity contribution >= 4 is 36.6 Å². The van der Waals surface area contributed by atoms with Crippen molar-refractivity contribution in [1.29, 1.82) is 0 Å². The summed E-state index contributed by atoms with van der Waals surface area (Å²) < 4.78 is 0. The highest BCUT2D eigenvalue weighted by Crippen LogP contribution is 2.31. The van der Waals surface area contributed by atoms with Crippen LogP contribution in [0.1, 0.15) is 37.7 Å². The Morgan fingerprint density at radius 3 is 2.81 bits per heavy atom. The minimum atomic E-state index is 0. The monoisotopic (exact) mass is 416 g/mol. The molecule has 2 saturated heterocycles. The van der Waals surface area contributed by atoms with Gasteiger partial charge in [0.15, 0.2) is 0 Å². The fourth-order valence-corrected chi connectivity index (χ4v) is 4.09. The minimum absolute atomic E-state index is 0. The second-order valence-electron chi connectivity index (χ2n) is 7.09. The third kappa shape index (κ3) is 6.06. The maximum atomic E-state index is 12.6. The number of fused-ring (bicyclic) bond motifs is 1. The predicted molar refractivity (Wildman–Crippen MR) is 110 cm³/mol. The van der Waals surface area contributed by atoms with Crippen molar-refractivity contribution in [2.24, 2.45) is 11.7 Å². The zero-order valence-electron chi connectivity index (χ0n) is 15.6. The Hall–Kier alpha value is -1.37. The molecule has 8 heteroatoms. The molecule has 3 heterocycles. The number of hydrogen-bond acceptors (Lipinski definition) is 4. The lowest BCUT2D eigenvalue weighted by Crippen LogP contribution is -2.57. The summed E-state index contributed by atoms with van der Waals surface area (Å²) in [6, 6.07) is 4.20. The number of pyridine rings is 1. The van der Waals surface area contributed by atoms with Gasteiger partial charge in [-0.15, -0.1) is 24.8 Å². The fraction of sp³-hybridized carbons (Fsp3) is 0.632. The van der Waals surface area contributed by atoms with Gasteiger partial charge in [0.1, 0.15) is 0 Å². The van der Waals surface area contributed by atoms with Gasteiger partial charge in [-0.1, -0.05) is 6.07 Å². The summed E-state index contributed by atoms with van der Waals surface area (Å²) in [4.78, 5) is 32.9. The molecule has 1 aromatic rings. The molecule has 6 nitrogen and oxygen atoms in total. The summed E-state index contributed by atoms with van der Waals surface area (Å²) in [5.74, 6) is 0.880. The van der Waals surface area contributed by atoms with Gasteiger partial charge in [0.2, 0.25) is 11.8 Å². The number of amides is 2. The molecule has 3 rings (SSSR count). The number of piperidine rings is 2. The molecule has 2 atom stereocenters. The van der Waals surface area contributed by atoms with Crippen molar-refractivity contribution in [2.75, 3.05) is 26.2 Å². The average Bonchev–Trinajstić information content (AvgIpc) is 2.66. The summed E-state index contributed by atoms with van der Waals surface area (Å²) >= 11 is 0. The summed E-state index contributed by atoms with van der Waals surface area (Å²) in [7, 11) is 0. The maximum Gasteiger partial charge on any atom is 0.222 e. The number of aromatic nitrogens is 1. The van der Waals surface area contributed by atoms with Crippen LogP contribution in [0, 0.1) is 5.92 Å². The van der Waals surface area contributed by atoms with E-state index in [2.05, 4.69) is 4.98 Å². The molecule has 2 amide bonds. The van der Waals surface area contributed by atoms with Crippen LogP contribution in [0.2, 0.25) is 0 Å². The quantitative estimate of drug-likeness (QED) is 0.769. The van der Waals surface area contributed by atoms with E-state index in [1.165, 1.54) is 0 Å². The number of halogens is 2. The molecule has 0 saturated carbocycles. The smallest absolute Gasteiger partial charge is 0.222 e. The summed E-state index contributed by atoms with van der Waals surface area (Å²) in [5.41, 5.74) is 6.71. The lowest BCUT2D eigenvalue weighted by molar-refractivity contribution is -0.144. The van der Waals surface area contributed by atoms with Crippen LogP contribution in [0.25, 0.3) is 0 Å². The number of hydrogen-bond donors (Lipinski definition) is 1. The highest BCUT2D eigenvalue weighted by Gasteiger charge is 2.39. The van der Waals surface area contributed by atoms with E-state index in [1.54, 1.807) is 6.20 Å². The molecule has 152 valence electrons. The number of likely N-dealkylation sites (tertiary alicyclic amines) is 2. The zero-order valence-corrected chi connectivity index (χ0v) is 17.2. The zero-order chi connectivity index (χ0) is 17.6. The molecular weight excluding hydrogens is 387 g/mol. The molecule has 2 N–H and O–H groups in total. The van der Waals surface area contributed by atoms with Crippen molar-refractivity contribution in [1.82, 2.24) is 14.8 Å². The second kappa shape index (κ2) is 11.5. The minimum Gasteiger partial charge on any atom is -0.342 e. The number of nitrogens with two attached hydrogens (primary N) is 1. The molecule has 0 radical (unpaired) electrons. The van der Waals surface area contributed by atoms with Gasteiger partial charge in [-0.2, -0.15) is 0 Å². The third-order valence-corrected chi connectivity index (χ3v) is 5.45. The highest BCUT2D eigenvalue weighted by molar-refractivity contribution is 5.85. The Kier molecular flexibility index (Phi) is 10.1. The maximum absolute atomic E-state index is 12.6. The fourth-order valence-electron chi connectivity index (χ4n) is 4.09. The van der Waals surface area contributed by atoms with Gasteiger partial charge in [-0.3, -0.25) is 14.6 Å². The van der Waals surface area contributed by atoms with E-state index < -0.39 is 0 Å². The van der Waals surface area contributed by atoms with Crippen molar-refractivity contribution < 1.29 is 9.59 Å². The number of carbonyl (C=O) groups excluding carboxylic acids is 2. The van der Waals surface area contributed by atoms with Gasteiger partial charge in [0.05, 0.1) is 0 Å². The number of aryl methyl sites for hydroxylation is 1. The van der Waals surface area contributed by atoms with Crippen molar-refractivity contribution in [3.05, 3.63) is 30.1 Å². The van der Waals surface area contributed by atoms with Crippen LogP contribution in [-0.2, 0) is 16.0 Å². The molecule has 0 bridgehead atoms. The van der Waals surface area contributed by atoms with E-state index in [0.717, 1.165) is 50.9 Å². The van der Waals surface area contributed by atoms with E-state index in [9.17, 15) is 9.59 Å². The second-order valence-corrected chi connectivity index (χ2v) is 7.09. The Morgan fingerprint density at radius 1 is 1.30 bits per heavy atom. The molecule has 0 aromatic carbocycles. The Labute approximate surface area is 173 Å². The van der Waals surface area contributed by atoms with E-state index in [1.807, 2.05) is 28.1 Å². The highest BCUT2D eigenvalue weighted by atomic mass is 35.5. The van der Waals surface area contributed by atoms with Gasteiger partial charge in [-0.05, 0) is 49.8 Å². The van der Waals surface area contributed by atoms with E-state index in [-0.39, 0.29) is 42.7 Å². The summed E-state index contributed by atoms with van der Waals surface area (Å²) in [5, 5.41) is 0. The van der Waals surface area contributed by atoms with Crippen molar-refractivity contribution in [2.45, 2.75) is 44.6 Å². The normalized spacial score (nSPS) is 21.7. The van der Waals surface area contributed by atoms with Crippen molar-refractivity contribution in [3.63, 3.8) is 0 Å². The summed E-state index contributed by atoms with van der Waals surface area (Å²) in [6.07, 6.45) is 8.07. The average molecular weight is 417 g/mol. The van der Waals surface area contributed by atoms with Crippen molar-refractivity contribution in [3.8, 4) is 0 Å². The molecule has 0 aliphatic carbocycles. The number of nitrogens with zero attached hydrogens (tertiary/aromatic N) is 3. The molecule has 2 fully saturated rings. The standard InChI is InChI=1S/C19H28N4O2.2ClH/c20-9-2-11-23-17-8-12-22(14-16(17)5-7-19(23)25)18(24)6-4-15-3-1-10-21-13-15;;/h1,3,10,13,16-17H,2,4-9,11-12,14,20H2;2*1H/t16-,17+;;/m0../s1. The molecule has 0 unspecified atom stereocenters. The number of rotatable bonds is 6. The Morgan fingerprint density at radius 2 is 2.11 bits per heavy atom. The van der Waals surface area contributed by atoms with E-state index in [4.69, 9.17) is 5.73 Å². The molecule has 1 aromatic heterocycles. The Balaban J connectivity index is 0.00000182. The first-order chi connectivity index (χ1) is 12.2. The molecule has 2 aliphatic rings. The SMILES string of the molecule is Cl.Cl.NCCCN1C(=O)CC[C@H]2CN(C(=O)CCc3cccnc3)CC[C@H]21. The number of carbonyl (C=O) groups is 2. The van der Waals surface area contributed by atoms with Crippen LogP contribution in [0.4, 0.5) is 0 Å². The molecular formula is C19H30Cl2N4O2. The Bertz CT molecular complexity index is 603. The predicted octanol–water partition coefficient (Wildman–Crippen LogP) is 2.05. The van der Waals surface area contributed by atoms with E-state index in [0.29, 0.717) is 25.3 Å². The molecule has 2 aliphatic heterocycles. The first-order valence-corrected chi connectivity index (χ1v) is 9.35. The first kappa shape index (κ1) is 23.7. The van der Waals surface area contributed by atoms with Crippen LogP contribution in [0.15, 0.2) is 24.5 Å². The lowest BCUT2D eigenvalue weighted by atomic mass is 9.83. The van der Waals surface area contributed by atoms with Gasteiger partial charge in [0.25, 0.3) is 0 Å². The van der Waals surface area contributed by atoms with Gasteiger partial charge in [0, 0.05) is 50.9 Å². The largest absolute Gasteiger partial charge is 0.342 e. The lowest BCUT2D eigenvalue weighted by Gasteiger charge is -2.47. The molecule has 27 heavy (non-hydrogen) atoms.